The van der Waals surface area contributed by atoms with E-state index < -0.39 is 0 Å². The third-order valence-corrected chi connectivity index (χ3v) is 3.73. The number of aromatic nitrogens is 2. The molecule has 0 fully saturated rings. The molecule has 0 aliphatic heterocycles. The Morgan fingerprint density at radius 3 is 2.62 bits per heavy atom. The lowest BCUT2D eigenvalue weighted by Crippen LogP contribution is -1.78. The summed E-state index contributed by atoms with van der Waals surface area (Å²) in [5.41, 5.74) is 2.23. The molecule has 0 aliphatic carbocycles. The second-order valence-corrected chi connectivity index (χ2v) is 4.96. The minimum atomic E-state index is 0. The van der Waals surface area contributed by atoms with Crippen LogP contribution in [0.3, 0.4) is 0 Å². The van der Waals surface area contributed by atoms with Crippen molar-refractivity contribution < 1.29 is 0 Å². The van der Waals surface area contributed by atoms with E-state index in [2.05, 4.69) is 55.3 Å². The Bertz CT molecular complexity index is 663. The van der Waals surface area contributed by atoms with E-state index >= 15 is 0 Å². The molecule has 5 heteroatoms. The molecule has 0 spiro atoms. The summed E-state index contributed by atoms with van der Waals surface area (Å²) in [4.78, 5) is 4.13. The van der Waals surface area contributed by atoms with Gasteiger partial charge in [0.2, 0.25) is 0 Å². The fraction of sp³-hybridized carbons (Fsp3) is 0. The molecule has 2 heterocycles. The number of benzene rings is 1. The topological polar surface area (TPSA) is 17.8 Å². The molecule has 0 amide bonds. The van der Waals surface area contributed by atoms with Crippen LogP contribution in [-0.2, 0) is 0 Å². The minimum absolute atomic E-state index is 0. The summed E-state index contributed by atoms with van der Waals surface area (Å²) in [6.07, 6.45) is 3.68. The van der Waals surface area contributed by atoms with Crippen molar-refractivity contribution in [1.82, 2.24) is 8.58 Å². The summed E-state index contributed by atoms with van der Waals surface area (Å²) in [5, 5.41) is 2.44. The van der Waals surface area contributed by atoms with Crippen LogP contribution >= 0.6 is 44.5 Å². The molecule has 0 unspecified atom stereocenters. The van der Waals surface area contributed by atoms with Gasteiger partial charge in [0.1, 0.15) is 0 Å². The van der Waals surface area contributed by atoms with Gasteiger partial charge in [-0.3, -0.25) is 8.58 Å². The van der Waals surface area contributed by atoms with Gasteiger partial charge in [-0.2, -0.15) is 0 Å². The number of fused-ring (bicyclic) bond motifs is 3. The summed E-state index contributed by atoms with van der Waals surface area (Å²) < 4.78 is 3.06. The zero-order valence-electron chi connectivity index (χ0n) is 8.02. The predicted molar refractivity (Wildman–Crippen MR) is 76.5 cm³/mol. The highest BCUT2D eigenvalue weighted by Gasteiger charge is 2.08. The first-order valence-electron chi connectivity index (χ1n) is 4.47. The van der Waals surface area contributed by atoms with Gasteiger partial charge in [0.15, 0.2) is 0 Å². The van der Waals surface area contributed by atoms with Gasteiger partial charge < -0.3 is 0 Å². The van der Waals surface area contributed by atoms with Gasteiger partial charge in [-0.1, -0.05) is 22.0 Å². The highest BCUT2D eigenvalue weighted by atomic mass is 79.9. The summed E-state index contributed by atoms with van der Waals surface area (Å²) >= 11 is 7.02. The third-order valence-electron chi connectivity index (χ3n) is 2.47. The fourth-order valence-corrected chi connectivity index (χ4v) is 2.72. The Morgan fingerprint density at radius 1 is 1.06 bits per heavy atom. The van der Waals surface area contributed by atoms with Gasteiger partial charge >= 0.3 is 0 Å². The molecule has 0 saturated carbocycles. The maximum absolute atomic E-state index is 4.13. The zero-order chi connectivity index (χ0) is 10.4. The van der Waals surface area contributed by atoms with E-state index in [1.165, 1.54) is 10.8 Å². The first kappa shape index (κ1) is 11.9. The van der Waals surface area contributed by atoms with Crippen LogP contribution in [0.15, 0.2) is 41.1 Å². The molecule has 1 aromatic carbocycles. The van der Waals surface area contributed by atoms with Gasteiger partial charge in [0.05, 0.1) is 33.4 Å². The van der Waals surface area contributed by atoms with E-state index in [0.717, 1.165) is 15.5 Å². The second kappa shape index (κ2) is 4.35. The molecular formula is C11H7Br2ClN2. The minimum Gasteiger partial charge on any atom is -0.274 e. The van der Waals surface area contributed by atoms with Crippen molar-refractivity contribution in [2.24, 2.45) is 0 Å². The molecular weight excluding hydrogens is 355 g/mol. The van der Waals surface area contributed by atoms with Crippen LogP contribution in [0.2, 0.25) is 0 Å². The molecule has 0 saturated heterocycles. The van der Waals surface area contributed by atoms with Crippen LogP contribution in [-0.4, -0.2) is 8.58 Å². The van der Waals surface area contributed by atoms with Crippen LogP contribution in [0.1, 0.15) is 0 Å². The van der Waals surface area contributed by atoms with Crippen LogP contribution in [0.25, 0.3) is 21.8 Å². The number of hydrogen-bond donors (Lipinski definition) is 0. The highest BCUT2D eigenvalue weighted by Crippen LogP contribution is 2.31. The number of pyridine rings is 1. The van der Waals surface area contributed by atoms with Crippen molar-refractivity contribution in [2.45, 2.75) is 0 Å². The average molecular weight is 362 g/mol. The van der Waals surface area contributed by atoms with Crippen molar-refractivity contribution in [3.05, 3.63) is 41.1 Å². The number of nitrogens with zero attached hydrogens (tertiary/aromatic N) is 2. The first-order chi connectivity index (χ1) is 7.27. The van der Waals surface area contributed by atoms with Crippen molar-refractivity contribution in [3.63, 3.8) is 0 Å². The molecule has 0 N–H and O–H groups in total. The van der Waals surface area contributed by atoms with Gasteiger partial charge in [-0.15, -0.1) is 12.4 Å². The summed E-state index contributed by atoms with van der Waals surface area (Å²) in [6.45, 7) is 0. The lowest BCUT2D eigenvalue weighted by Gasteiger charge is -1.94. The molecule has 0 atom stereocenters. The SMILES string of the molecule is Brc1ccc2c3ccncc3n(Br)c2c1.Cl. The van der Waals surface area contributed by atoms with E-state index in [1.807, 2.05) is 22.1 Å². The van der Waals surface area contributed by atoms with Crippen molar-refractivity contribution in [2.75, 3.05) is 0 Å². The predicted octanol–water partition coefficient (Wildman–Crippen LogP) is 4.53. The smallest absolute Gasteiger partial charge is 0.0788 e. The number of rotatable bonds is 0. The molecule has 16 heavy (non-hydrogen) atoms. The molecule has 3 aromatic rings. The fourth-order valence-electron chi connectivity index (χ4n) is 1.80. The molecule has 0 bridgehead atoms. The van der Waals surface area contributed by atoms with Gasteiger partial charge in [-0.05, 0) is 18.2 Å². The Hall–Kier alpha value is -0.580. The van der Waals surface area contributed by atoms with Crippen LogP contribution in [0, 0.1) is 0 Å². The van der Waals surface area contributed by atoms with Crippen molar-refractivity contribution >= 4 is 66.3 Å². The molecule has 3 rings (SSSR count). The van der Waals surface area contributed by atoms with E-state index in [-0.39, 0.29) is 12.4 Å². The molecule has 0 radical (unpaired) electrons. The van der Waals surface area contributed by atoms with Crippen molar-refractivity contribution in [1.29, 1.82) is 0 Å². The number of hydrogen-bond acceptors (Lipinski definition) is 1. The Morgan fingerprint density at radius 2 is 1.81 bits per heavy atom. The largest absolute Gasteiger partial charge is 0.274 e. The normalized spacial score (nSPS) is 10.6. The Kier molecular flexibility index (Phi) is 3.24. The Labute approximate surface area is 116 Å². The second-order valence-electron chi connectivity index (χ2n) is 3.34. The molecule has 2 aromatic heterocycles. The summed E-state index contributed by atoms with van der Waals surface area (Å²) in [7, 11) is 0. The third kappa shape index (κ3) is 1.65. The van der Waals surface area contributed by atoms with Crippen LogP contribution in [0.4, 0.5) is 0 Å². The van der Waals surface area contributed by atoms with Crippen LogP contribution in [0.5, 0.6) is 0 Å². The average Bonchev–Trinajstić information content (AvgIpc) is 2.54. The standard InChI is InChI=1S/C11H6Br2N2.ClH/c12-7-1-2-8-9-3-4-14-6-11(9)15(13)10(8)5-7;/h1-6H;1H. The van der Waals surface area contributed by atoms with Crippen LogP contribution < -0.4 is 0 Å². The van der Waals surface area contributed by atoms with Gasteiger partial charge in [-0.25, -0.2) is 0 Å². The van der Waals surface area contributed by atoms with Crippen molar-refractivity contribution in [3.8, 4) is 0 Å². The van der Waals surface area contributed by atoms with E-state index in [0.29, 0.717) is 0 Å². The summed E-state index contributed by atoms with van der Waals surface area (Å²) in [5.74, 6) is 0. The highest BCUT2D eigenvalue weighted by molar-refractivity contribution is 9.10. The monoisotopic (exact) mass is 360 g/mol. The quantitative estimate of drug-likeness (QED) is 0.574. The Balaban J connectivity index is 0.000000963. The lowest BCUT2D eigenvalue weighted by atomic mass is 10.2. The van der Waals surface area contributed by atoms with E-state index in [4.69, 9.17) is 0 Å². The molecule has 82 valence electrons. The van der Waals surface area contributed by atoms with E-state index in [1.54, 1.807) is 0 Å². The van der Waals surface area contributed by atoms with Gasteiger partial charge in [0.25, 0.3) is 0 Å². The van der Waals surface area contributed by atoms with Gasteiger partial charge in [0, 0.05) is 21.4 Å². The maximum Gasteiger partial charge on any atom is 0.0788 e. The maximum atomic E-state index is 4.13. The molecule has 0 aliphatic rings. The molecule has 2 nitrogen and oxygen atoms in total. The summed E-state index contributed by atoms with van der Waals surface area (Å²) in [6, 6.07) is 8.28. The number of halogens is 3. The first-order valence-corrected chi connectivity index (χ1v) is 5.97. The van der Waals surface area contributed by atoms with E-state index in [9.17, 15) is 0 Å². The lowest BCUT2D eigenvalue weighted by molar-refractivity contribution is 1.33. The zero-order valence-corrected chi connectivity index (χ0v) is 12.0.